The number of carbonyl (C=O) groups is 1. The molecule has 100 valence electrons. The molecule has 0 radical (unpaired) electrons. The summed E-state index contributed by atoms with van der Waals surface area (Å²) in [6.45, 7) is 0.576. The predicted octanol–water partition coefficient (Wildman–Crippen LogP) is 1.39. The summed E-state index contributed by atoms with van der Waals surface area (Å²) < 4.78 is 10.4. The minimum absolute atomic E-state index is 0.0678. The molecule has 0 saturated carbocycles. The van der Waals surface area contributed by atoms with Gasteiger partial charge in [-0.15, -0.1) is 0 Å². The first-order valence-corrected chi connectivity index (χ1v) is 5.57. The zero-order chi connectivity index (χ0) is 13.9. The maximum Gasteiger partial charge on any atom is 0.338 e. The molecule has 5 heteroatoms. The number of hydrogen-bond donors (Lipinski definition) is 1. The van der Waals surface area contributed by atoms with Crippen molar-refractivity contribution in [1.29, 1.82) is 0 Å². The van der Waals surface area contributed by atoms with Crippen LogP contribution in [0.2, 0.25) is 0 Å². The summed E-state index contributed by atoms with van der Waals surface area (Å²) >= 11 is 0. The Hall–Kier alpha value is -1.75. The first-order valence-electron chi connectivity index (χ1n) is 5.57. The van der Waals surface area contributed by atoms with E-state index in [1.54, 1.807) is 6.07 Å². The molecule has 1 N–H and O–H groups in total. The molecule has 0 atom stereocenters. The molecule has 0 aromatic heterocycles. The van der Waals surface area contributed by atoms with Crippen LogP contribution >= 0.6 is 0 Å². The number of methoxy groups -OCH3 is 2. The monoisotopic (exact) mass is 254 g/mol. The fraction of sp³-hybridized carbons (Fsp3) is 0.462. The Balaban J connectivity index is 3.27. The average Bonchev–Trinajstić information content (AvgIpc) is 2.29. The van der Waals surface area contributed by atoms with Crippen molar-refractivity contribution in [2.24, 2.45) is 0 Å². The molecule has 0 unspecified atom stereocenters. The summed E-state index contributed by atoms with van der Waals surface area (Å²) in [7, 11) is 8.76. The summed E-state index contributed by atoms with van der Waals surface area (Å²) in [4.78, 5) is 11.5. The standard InChI is InChI=1S/C13H19NO4/c1-14(2,3)8-10-6-9(13(16)18-5)7-11(17-4)12(10)15/h6-7H,8H2,1-5H3/p+1. The molecular formula is C13H20NO4+. The minimum Gasteiger partial charge on any atom is -0.504 e. The van der Waals surface area contributed by atoms with Gasteiger partial charge in [0.05, 0.1) is 46.5 Å². The first-order chi connectivity index (χ1) is 8.28. The van der Waals surface area contributed by atoms with Crippen molar-refractivity contribution in [3.8, 4) is 11.5 Å². The number of benzene rings is 1. The number of rotatable bonds is 4. The number of ether oxygens (including phenoxy) is 2. The molecule has 0 heterocycles. The lowest BCUT2D eigenvalue weighted by Crippen LogP contribution is -2.33. The molecule has 1 aromatic carbocycles. The van der Waals surface area contributed by atoms with E-state index < -0.39 is 5.97 Å². The second-order valence-electron chi connectivity index (χ2n) is 5.13. The molecule has 0 aliphatic heterocycles. The van der Waals surface area contributed by atoms with Crippen molar-refractivity contribution in [1.82, 2.24) is 0 Å². The van der Waals surface area contributed by atoms with Gasteiger partial charge in [-0.25, -0.2) is 4.79 Å². The topological polar surface area (TPSA) is 55.8 Å². The molecule has 1 aromatic rings. The molecule has 1 rings (SSSR count). The summed E-state index contributed by atoms with van der Waals surface area (Å²) in [6, 6.07) is 3.10. The number of phenolic OH excluding ortho intramolecular Hbond substituents is 1. The van der Waals surface area contributed by atoms with Gasteiger partial charge in [0.1, 0.15) is 6.54 Å². The number of aromatic hydroxyl groups is 1. The smallest absolute Gasteiger partial charge is 0.338 e. The Labute approximate surface area is 107 Å². The van der Waals surface area contributed by atoms with E-state index in [0.29, 0.717) is 22.2 Å². The van der Waals surface area contributed by atoms with E-state index in [1.807, 2.05) is 21.1 Å². The fourth-order valence-corrected chi connectivity index (χ4v) is 1.69. The van der Waals surface area contributed by atoms with E-state index in [-0.39, 0.29) is 11.5 Å². The van der Waals surface area contributed by atoms with Crippen molar-refractivity contribution >= 4 is 5.97 Å². The Morgan fingerprint density at radius 3 is 2.33 bits per heavy atom. The molecule has 0 fully saturated rings. The van der Waals surface area contributed by atoms with Gasteiger partial charge in [0.25, 0.3) is 0 Å². The van der Waals surface area contributed by atoms with Crippen LogP contribution in [-0.2, 0) is 11.3 Å². The third kappa shape index (κ3) is 3.37. The van der Waals surface area contributed by atoms with Gasteiger partial charge in [0, 0.05) is 0 Å². The first kappa shape index (κ1) is 14.3. The van der Waals surface area contributed by atoms with Crippen LogP contribution in [0.4, 0.5) is 0 Å². The second-order valence-corrected chi connectivity index (χ2v) is 5.13. The molecule has 0 aliphatic rings. The Kier molecular flexibility index (Phi) is 4.19. The van der Waals surface area contributed by atoms with Gasteiger partial charge in [-0.2, -0.15) is 0 Å². The van der Waals surface area contributed by atoms with Crippen LogP contribution in [0.5, 0.6) is 11.5 Å². The number of phenols is 1. The van der Waals surface area contributed by atoms with Crippen molar-refractivity contribution in [2.45, 2.75) is 6.54 Å². The van der Waals surface area contributed by atoms with Crippen molar-refractivity contribution < 1.29 is 23.9 Å². The maximum atomic E-state index is 11.5. The van der Waals surface area contributed by atoms with Crippen LogP contribution in [0.25, 0.3) is 0 Å². The molecule has 0 saturated heterocycles. The molecule has 0 aliphatic carbocycles. The van der Waals surface area contributed by atoms with Crippen LogP contribution in [0, 0.1) is 0 Å². The lowest BCUT2D eigenvalue weighted by molar-refractivity contribution is -0.884. The van der Waals surface area contributed by atoms with Gasteiger partial charge in [-0.3, -0.25) is 0 Å². The number of esters is 1. The van der Waals surface area contributed by atoms with Gasteiger partial charge >= 0.3 is 5.97 Å². The predicted molar refractivity (Wildman–Crippen MR) is 67.7 cm³/mol. The zero-order valence-electron chi connectivity index (χ0n) is 11.5. The quantitative estimate of drug-likeness (QED) is 0.651. The highest BCUT2D eigenvalue weighted by molar-refractivity contribution is 5.90. The van der Waals surface area contributed by atoms with Gasteiger partial charge in [-0.1, -0.05) is 0 Å². The second kappa shape index (κ2) is 5.27. The molecule has 5 nitrogen and oxygen atoms in total. The Morgan fingerprint density at radius 2 is 1.89 bits per heavy atom. The minimum atomic E-state index is -0.448. The van der Waals surface area contributed by atoms with E-state index in [4.69, 9.17) is 4.74 Å². The third-order valence-electron chi connectivity index (χ3n) is 2.44. The molecule has 18 heavy (non-hydrogen) atoms. The molecule has 0 amide bonds. The van der Waals surface area contributed by atoms with E-state index in [1.165, 1.54) is 20.3 Å². The largest absolute Gasteiger partial charge is 0.504 e. The molecule has 0 spiro atoms. The normalized spacial score (nSPS) is 11.2. The maximum absolute atomic E-state index is 11.5. The lowest BCUT2D eigenvalue weighted by atomic mass is 10.1. The van der Waals surface area contributed by atoms with E-state index in [9.17, 15) is 9.90 Å². The summed E-state index contributed by atoms with van der Waals surface area (Å²) in [6.07, 6.45) is 0. The van der Waals surface area contributed by atoms with Gasteiger partial charge < -0.3 is 19.1 Å². The van der Waals surface area contributed by atoms with Crippen molar-refractivity contribution in [2.75, 3.05) is 35.4 Å². The van der Waals surface area contributed by atoms with E-state index in [2.05, 4.69) is 4.74 Å². The Bertz CT molecular complexity index is 449. The summed E-state index contributed by atoms with van der Waals surface area (Å²) in [5.41, 5.74) is 1.03. The van der Waals surface area contributed by atoms with Crippen molar-refractivity contribution in [3.05, 3.63) is 23.3 Å². The Morgan fingerprint density at radius 1 is 1.28 bits per heavy atom. The van der Waals surface area contributed by atoms with E-state index >= 15 is 0 Å². The van der Waals surface area contributed by atoms with Crippen LogP contribution in [-0.4, -0.2) is 50.9 Å². The van der Waals surface area contributed by atoms with Gasteiger partial charge in [0.15, 0.2) is 11.5 Å². The SMILES string of the molecule is COC(=O)c1cc(C[N+](C)(C)C)c(O)c(OC)c1. The highest BCUT2D eigenvalue weighted by Crippen LogP contribution is 2.33. The number of hydrogen-bond acceptors (Lipinski definition) is 4. The zero-order valence-corrected chi connectivity index (χ0v) is 11.5. The lowest BCUT2D eigenvalue weighted by Gasteiger charge is -2.25. The van der Waals surface area contributed by atoms with E-state index in [0.717, 1.165) is 0 Å². The number of nitrogens with zero attached hydrogens (tertiary/aromatic N) is 1. The average molecular weight is 254 g/mol. The van der Waals surface area contributed by atoms with Crippen LogP contribution in [0.1, 0.15) is 15.9 Å². The highest BCUT2D eigenvalue weighted by atomic mass is 16.5. The van der Waals surface area contributed by atoms with Crippen LogP contribution in [0.3, 0.4) is 0 Å². The fourth-order valence-electron chi connectivity index (χ4n) is 1.69. The van der Waals surface area contributed by atoms with Crippen LogP contribution < -0.4 is 4.74 Å². The highest BCUT2D eigenvalue weighted by Gasteiger charge is 2.19. The third-order valence-corrected chi connectivity index (χ3v) is 2.44. The molecular weight excluding hydrogens is 234 g/mol. The summed E-state index contributed by atoms with van der Waals surface area (Å²) in [5.74, 6) is -0.101. The van der Waals surface area contributed by atoms with Crippen LogP contribution in [0.15, 0.2) is 12.1 Å². The van der Waals surface area contributed by atoms with Crippen molar-refractivity contribution in [3.63, 3.8) is 0 Å². The number of carbonyl (C=O) groups excluding carboxylic acids is 1. The van der Waals surface area contributed by atoms with Gasteiger partial charge in [-0.05, 0) is 12.1 Å². The molecule has 0 bridgehead atoms. The summed E-state index contributed by atoms with van der Waals surface area (Å²) in [5, 5.41) is 10.0. The van der Waals surface area contributed by atoms with Gasteiger partial charge in [0.2, 0.25) is 0 Å². The number of quaternary nitrogens is 1.